The zero-order valence-electron chi connectivity index (χ0n) is 9.14. The first kappa shape index (κ1) is 11.8. The fraction of sp³-hybridized carbons (Fsp3) is 0.600. The zero-order chi connectivity index (χ0) is 11.9. The lowest BCUT2D eigenvalue weighted by Gasteiger charge is -2.09. The van der Waals surface area contributed by atoms with Gasteiger partial charge in [0.25, 0.3) is 0 Å². The second-order valence-electron chi connectivity index (χ2n) is 4.22. The SMILES string of the molecule is CC(c1nc(Cl)cc(C2CC2)n1)S(C)(=O)=O. The Kier molecular flexibility index (Phi) is 2.92. The molecule has 0 spiro atoms. The van der Waals surface area contributed by atoms with Crippen molar-refractivity contribution < 1.29 is 8.42 Å². The molecule has 1 aliphatic rings. The highest BCUT2D eigenvalue weighted by Gasteiger charge is 2.28. The van der Waals surface area contributed by atoms with Crippen LogP contribution in [0, 0.1) is 0 Å². The van der Waals surface area contributed by atoms with Crippen molar-refractivity contribution in [3.05, 3.63) is 22.7 Å². The van der Waals surface area contributed by atoms with Gasteiger partial charge >= 0.3 is 0 Å². The maximum atomic E-state index is 11.4. The Balaban J connectivity index is 2.40. The molecule has 1 unspecified atom stereocenters. The highest BCUT2D eigenvalue weighted by Crippen LogP contribution is 2.39. The van der Waals surface area contributed by atoms with E-state index in [-0.39, 0.29) is 0 Å². The quantitative estimate of drug-likeness (QED) is 0.781. The standard InChI is InChI=1S/C10H13ClN2O2S/c1-6(16(2,14)15)10-12-8(7-3-4-7)5-9(11)13-10/h5-7H,3-4H2,1-2H3. The van der Waals surface area contributed by atoms with Crippen LogP contribution in [0.4, 0.5) is 0 Å². The minimum atomic E-state index is -3.18. The molecular formula is C10H13ClN2O2S. The number of halogens is 1. The number of nitrogens with zero attached hydrogens (tertiary/aromatic N) is 2. The molecule has 1 saturated carbocycles. The van der Waals surface area contributed by atoms with Gasteiger partial charge in [-0.3, -0.25) is 0 Å². The molecule has 0 aromatic carbocycles. The van der Waals surface area contributed by atoms with E-state index < -0.39 is 15.1 Å². The second-order valence-corrected chi connectivity index (χ2v) is 6.97. The van der Waals surface area contributed by atoms with E-state index in [2.05, 4.69) is 9.97 Å². The monoisotopic (exact) mass is 260 g/mol. The number of sulfone groups is 1. The molecule has 0 bridgehead atoms. The molecule has 1 atom stereocenters. The highest BCUT2D eigenvalue weighted by molar-refractivity contribution is 7.90. The van der Waals surface area contributed by atoms with Crippen molar-refractivity contribution >= 4 is 21.4 Å². The summed E-state index contributed by atoms with van der Waals surface area (Å²) in [7, 11) is -3.18. The first-order valence-electron chi connectivity index (χ1n) is 5.11. The largest absolute Gasteiger partial charge is 0.236 e. The maximum Gasteiger partial charge on any atom is 0.157 e. The van der Waals surface area contributed by atoms with Gasteiger partial charge in [0.1, 0.15) is 16.2 Å². The van der Waals surface area contributed by atoms with E-state index in [9.17, 15) is 8.42 Å². The van der Waals surface area contributed by atoms with Crippen molar-refractivity contribution in [1.82, 2.24) is 9.97 Å². The van der Waals surface area contributed by atoms with Crippen molar-refractivity contribution in [2.24, 2.45) is 0 Å². The van der Waals surface area contributed by atoms with E-state index in [1.54, 1.807) is 13.0 Å². The number of hydrogen-bond donors (Lipinski definition) is 0. The average molecular weight is 261 g/mol. The summed E-state index contributed by atoms with van der Waals surface area (Å²) in [5, 5.41) is -0.383. The average Bonchev–Trinajstić information content (AvgIpc) is 2.97. The van der Waals surface area contributed by atoms with Gasteiger partial charge in [0, 0.05) is 17.9 Å². The van der Waals surface area contributed by atoms with Gasteiger partial charge in [-0.05, 0) is 25.8 Å². The van der Waals surface area contributed by atoms with Crippen molar-refractivity contribution in [1.29, 1.82) is 0 Å². The lowest BCUT2D eigenvalue weighted by molar-refractivity contribution is 0.588. The van der Waals surface area contributed by atoms with E-state index in [1.165, 1.54) is 6.26 Å². The fourth-order valence-electron chi connectivity index (χ4n) is 1.41. The van der Waals surface area contributed by atoms with E-state index in [0.717, 1.165) is 18.5 Å². The van der Waals surface area contributed by atoms with Crippen LogP contribution in [0.1, 0.15) is 42.5 Å². The van der Waals surface area contributed by atoms with Gasteiger partial charge in [-0.15, -0.1) is 0 Å². The molecule has 1 fully saturated rings. The predicted octanol–water partition coefficient (Wildman–Crippen LogP) is 2.11. The molecule has 6 heteroatoms. The molecule has 0 N–H and O–H groups in total. The van der Waals surface area contributed by atoms with E-state index in [0.29, 0.717) is 16.9 Å². The Morgan fingerprint density at radius 1 is 1.44 bits per heavy atom. The number of aromatic nitrogens is 2. The summed E-state index contributed by atoms with van der Waals surface area (Å²) in [6.07, 6.45) is 3.37. The molecule has 1 aromatic heterocycles. The van der Waals surface area contributed by atoms with Crippen molar-refractivity contribution in [2.45, 2.75) is 30.9 Å². The molecule has 4 nitrogen and oxygen atoms in total. The lowest BCUT2D eigenvalue weighted by Crippen LogP contribution is -2.12. The molecule has 0 aliphatic heterocycles. The molecule has 2 rings (SSSR count). The normalized spacial score (nSPS) is 18.4. The van der Waals surface area contributed by atoms with Crippen LogP contribution < -0.4 is 0 Å². The second kappa shape index (κ2) is 3.96. The van der Waals surface area contributed by atoms with Crippen molar-refractivity contribution in [2.75, 3.05) is 6.26 Å². The summed E-state index contributed by atoms with van der Waals surface area (Å²) in [5.74, 6) is 0.739. The Morgan fingerprint density at radius 2 is 2.06 bits per heavy atom. The molecule has 0 amide bonds. The highest BCUT2D eigenvalue weighted by atomic mass is 35.5. The Morgan fingerprint density at radius 3 is 2.56 bits per heavy atom. The molecule has 16 heavy (non-hydrogen) atoms. The third kappa shape index (κ3) is 2.52. The summed E-state index contributed by atoms with van der Waals surface area (Å²) < 4.78 is 22.8. The van der Waals surface area contributed by atoms with Gasteiger partial charge in [-0.2, -0.15) is 0 Å². The first-order chi connectivity index (χ1) is 7.38. The third-order valence-electron chi connectivity index (χ3n) is 2.73. The van der Waals surface area contributed by atoms with Crippen LogP contribution in [-0.2, 0) is 9.84 Å². The van der Waals surface area contributed by atoms with Crippen LogP contribution in [0.2, 0.25) is 5.15 Å². The van der Waals surface area contributed by atoms with Gasteiger partial charge in [0.2, 0.25) is 0 Å². The van der Waals surface area contributed by atoms with Crippen LogP contribution in [0.5, 0.6) is 0 Å². The predicted molar refractivity (Wildman–Crippen MR) is 62.3 cm³/mol. The fourth-order valence-corrected chi connectivity index (χ4v) is 2.10. The third-order valence-corrected chi connectivity index (χ3v) is 4.42. The van der Waals surface area contributed by atoms with E-state index in [1.807, 2.05) is 0 Å². The first-order valence-corrected chi connectivity index (χ1v) is 7.44. The molecule has 88 valence electrons. The van der Waals surface area contributed by atoms with Gasteiger partial charge in [-0.1, -0.05) is 11.6 Å². The lowest BCUT2D eigenvalue weighted by atomic mass is 10.3. The summed E-state index contributed by atoms with van der Waals surface area (Å²) in [4.78, 5) is 8.27. The van der Waals surface area contributed by atoms with Gasteiger partial charge in [0.15, 0.2) is 9.84 Å². The minimum absolute atomic E-state index is 0.303. The van der Waals surface area contributed by atoms with Gasteiger partial charge in [0.05, 0.1) is 0 Å². The maximum absolute atomic E-state index is 11.4. The van der Waals surface area contributed by atoms with Gasteiger partial charge < -0.3 is 0 Å². The molecular weight excluding hydrogens is 248 g/mol. The van der Waals surface area contributed by atoms with E-state index >= 15 is 0 Å². The Bertz CT molecular complexity index is 512. The molecule has 1 aromatic rings. The smallest absolute Gasteiger partial charge is 0.157 e. The topological polar surface area (TPSA) is 59.9 Å². The molecule has 0 saturated heterocycles. The van der Waals surface area contributed by atoms with Crippen LogP contribution >= 0.6 is 11.6 Å². The molecule has 0 radical (unpaired) electrons. The van der Waals surface area contributed by atoms with Crippen LogP contribution in [0.25, 0.3) is 0 Å². The summed E-state index contributed by atoms with van der Waals surface area (Å²) in [5.41, 5.74) is 0.866. The van der Waals surface area contributed by atoms with Crippen LogP contribution in [0.3, 0.4) is 0 Å². The number of hydrogen-bond acceptors (Lipinski definition) is 4. The van der Waals surface area contributed by atoms with Crippen LogP contribution in [0.15, 0.2) is 6.07 Å². The summed E-state index contributed by atoms with van der Waals surface area (Å²) >= 11 is 5.87. The molecule has 1 heterocycles. The van der Waals surface area contributed by atoms with Crippen LogP contribution in [-0.4, -0.2) is 24.6 Å². The number of rotatable bonds is 3. The Labute approximate surface area is 100.0 Å². The van der Waals surface area contributed by atoms with Gasteiger partial charge in [-0.25, -0.2) is 18.4 Å². The van der Waals surface area contributed by atoms with Crippen molar-refractivity contribution in [3.8, 4) is 0 Å². The minimum Gasteiger partial charge on any atom is -0.236 e. The van der Waals surface area contributed by atoms with Crippen molar-refractivity contribution in [3.63, 3.8) is 0 Å². The summed E-state index contributed by atoms with van der Waals surface area (Å²) in [6, 6.07) is 1.72. The van der Waals surface area contributed by atoms with E-state index in [4.69, 9.17) is 11.6 Å². The molecule has 1 aliphatic carbocycles. The Hall–Kier alpha value is -0.680. The summed E-state index contributed by atoms with van der Waals surface area (Å²) in [6.45, 7) is 1.58. The zero-order valence-corrected chi connectivity index (χ0v) is 10.7.